The molecule has 122 valence electrons. The van der Waals surface area contributed by atoms with Crippen LogP contribution in [-0.2, 0) is 6.18 Å². The van der Waals surface area contributed by atoms with Gasteiger partial charge in [0.25, 0.3) is 5.91 Å². The third-order valence-corrected chi connectivity index (χ3v) is 3.01. The Morgan fingerprint density at radius 3 is 2.22 bits per heavy atom. The second-order valence-electron chi connectivity index (χ2n) is 4.67. The topological polar surface area (TPSA) is 52.3 Å². The Bertz CT molecular complexity index is 771. The number of halogens is 5. The highest BCUT2D eigenvalue weighted by Crippen LogP contribution is 2.37. The molecule has 0 bridgehead atoms. The Morgan fingerprint density at radius 1 is 1.09 bits per heavy atom. The maximum atomic E-state index is 14.0. The fourth-order valence-corrected chi connectivity index (χ4v) is 1.94. The number of carbonyl (C=O) groups is 1. The quantitative estimate of drug-likeness (QED) is 0.858. The number of ether oxygens (including phenoxy) is 1. The molecule has 2 aromatic rings. The Kier molecular flexibility index (Phi) is 4.26. The molecule has 0 atom stereocenters. The lowest BCUT2D eigenvalue weighted by Crippen LogP contribution is -2.18. The van der Waals surface area contributed by atoms with Crippen LogP contribution in [0.4, 0.5) is 22.0 Å². The van der Waals surface area contributed by atoms with Crippen LogP contribution in [0.2, 0.25) is 0 Å². The first-order chi connectivity index (χ1) is 10.6. The molecule has 2 N–H and O–H groups in total. The van der Waals surface area contributed by atoms with Crippen molar-refractivity contribution in [1.82, 2.24) is 0 Å². The zero-order valence-electron chi connectivity index (χ0n) is 11.7. The van der Waals surface area contributed by atoms with Crippen LogP contribution in [0.15, 0.2) is 30.3 Å². The van der Waals surface area contributed by atoms with Gasteiger partial charge in [-0.25, -0.2) is 8.78 Å². The van der Waals surface area contributed by atoms with Crippen molar-refractivity contribution < 1.29 is 31.5 Å². The smallest absolute Gasteiger partial charge is 0.419 e. The van der Waals surface area contributed by atoms with Crippen molar-refractivity contribution in [3.8, 4) is 11.5 Å². The van der Waals surface area contributed by atoms with Crippen molar-refractivity contribution in [1.29, 1.82) is 0 Å². The Balaban J connectivity index is 2.55. The van der Waals surface area contributed by atoms with Crippen LogP contribution in [0.3, 0.4) is 0 Å². The summed E-state index contributed by atoms with van der Waals surface area (Å²) in [7, 11) is 0. The number of aryl methyl sites for hydroxylation is 1. The van der Waals surface area contributed by atoms with Crippen LogP contribution in [0.25, 0.3) is 0 Å². The molecule has 0 aliphatic carbocycles. The van der Waals surface area contributed by atoms with E-state index >= 15 is 0 Å². The number of benzene rings is 2. The van der Waals surface area contributed by atoms with Crippen LogP contribution in [0.5, 0.6) is 11.5 Å². The van der Waals surface area contributed by atoms with Crippen LogP contribution < -0.4 is 10.5 Å². The average Bonchev–Trinajstić information content (AvgIpc) is 2.40. The van der Waals surface area contributed by atoms with Gasteiger partial charge in [-0.1, -0.05) is 0 Å². The average molecular weight is 331 g/mol. The molecule has 0 aliphatic heterocycles. The maximum Gasteiger partial charge on any atom is 0.419 e. The molecular weight excluding hydrogens is 321 g/mol. The number of hydrogen-bond donors (Lipinski definition) is 1. The minimum absolute atomic E-state index is 0.0491. The molecular formula is C15H10F5NO2. The van der Waals surface area contributed by atoms with Crippen molar-refractivity contribution in [2.45, 2.75) is 13.1 Å². The van der Waals surface area contributed by atoms with E-state index in [1.165, 1.54) is 13.0 Å². The van der Waals surface area contributed by atoms with Gasteiger partial charge in [-0.2, -0.15) is 13.2 Å². The minimum Gasteiger partial charge on any atom is -0.456 e. The highest BCUT2D eigenvalue weighted by Gasteiger charge is 2.37. The van der Waals surface area contributed by atoms with E-state index in [2.05, 4.69) is 0 Å². The predicted octanol–water partition coefficient (Wildman–Crippen LogP) is 4.18. The summed E-state index contributed by atoms with van der Waals surface area (Å²) in [6.45, 7) is 1.47. The molecule has 0 spiro atoms. The van der Waals surface area contributed by atoms with Crippen LogP contribution >= 0.6 is 0 Å². The van der Waals surface area contributed by atoms with Gasteiger partial charge in [0, 0.05) is 0 Å². The SMILES string of the molecule is Cc1cc(F)ccc1Oc1ccc(C(F)(F)F)c(F)c1C(N)=O. The molecule has 2 rings (SSSR count). The normalized spacial score (nSPS) is 11.4. The van der Waals surface area contributed by atoms with Gasteiger partial charge in [-0.3, -0.25) is 4.79 Å². The molecule has 8 heteroatoms. The summed E-state index contributed by atoms with van der Waals surface area (Å²) in [4.78, 5) is 11.3. The first-order valence-corrected chi connectivity index (χ1v) is 6.24. The lowest BCUT2D eigenvalue weighted by molar-refractivity contribution is -0.140. The number of rotatable bonds is 3. The van der Waals surface area contributed by atoms with Gasteiger partial charge in [-0.15, -0.1) is 0 Å². The highest BCUT2D eigenvalue weighted by atomic mass is 19.4. The van der Waals surface area contributed by atoms with E-state index in [0.717, 1.165) is 18.2 Å². The van der Waals surface area contributed by atoms with Crippen molar-refractivity contribution in [2.75, 3.05) is 0 Å². The van der Waals surface area contributed by atoms with E-state index in [4.69, 9.17) is 10.5 Å². The molecule has 0 saturated carbocycles. The van der Waals surface area contributed by atoms with Gasteiger partial charge in [0.05, 0.1) is 5.56 Å². The van der Waals surface area contributed by atoms with E-state index in [1.54, 1.807) is 0 Å². The van der Waals surface area contributed by atoms with Crippen molar-refractivity contribution in [2.24, 2.45) is 5.73 Å². The van der Waals surface area contributed by atoms with E-state index in [9.17, 15) is 26.7 Å². The zero-order valence-corrected chi connectivity index (χ0v) is 11.7. The molecule has 0 radical (unpaired) electrons. The molecule has 0 saturated heterocycles. The van der Waals surface area contributed by atoms with E-state index in [-0.39, 0.29) is 5.75 Å². The van der Waals surface area contributed by atoms with Gasteiger partial charge in [-0.05, 0) is 42.8 Å². The van der Waals surface area contributed by atoms with Gasteiger partial charge in [0.15, 0.2) is 5.82 Å². The van der Waals surface area contributed by atoms with Crippen LogP contribution in [-0.4, -0.2) is 5.91 Å². The van der Waals surface area contributed by atoms with Crippen LogP contribution in [0, 0.1) is 18.6 Å². The van der Waals surface area contributed by atoms with Gasteiger partial charge in [0.1, 0.15) is 22.9 Å². The Labute approximate surface area is 127 Å². The number of hydrogen-bond acceptors (Lipinski definition) is 2. The van der Waals surface area contributed by atoms with Crippen molar-refractivity contribution in [3.63, 3.8) is 0 Å². The Hall–Kier alpha value is -2.64. The van der Waals surface area contributed by atoms with Crippen LogP contribution in [0.1, 0.15) is 21.5 Å². The summed E-state index contributed by atoms with van der Waals surface area (Å²) in [5, 5.41) is 0. The second kappa shape index (κ2) is 5.86. The zero-order chi connectivity index (χ0) is 17.4. The Morgan fingerprint density at radius 2 is 1.70 bits per heavy atom. The molecule has 23 heavy (non-hydrogen) atoms. The number of amides is 1. The third-order valence-electron chi connectivity index (χ3n) is 3.01. The summed E-state index contributed by atoms with van der Waals surface area (Å²) in [6.07, 6.45) is -4.99. The highest BCUT2D eigenvalue weighted by molar-refractivity contribution is 5.96. The maximum absolute atomic E-state index is 14.0. The predicted molar refractivity (Wildman–Crippen MR) is 71.1 cm³/mol. The molecule has 3 nitrogen and oxygen atoms in total. The number of nitrogens with two attached hydrogens (primary N) is 1. The summed E-state index contributed by atoms with van der Waals surface area (Å²) in [5.74, 6) is -4.22. The molecule has 2 aromatic carbocycles. The minimum atomic E-state index is -4.99. The van der Waals surface area contributed by atoms with Gasteiger partial charge < -0.3 is 10.5 Å². The third kappa shape index (κ3) is 3.41. The largest absolute Gasteiger partial charge is 0.456 e. The summed E-state index contributed by atoms with van der Waals surface area (Å²) in [5.41, 5.74) is 2.61. The fourth-order valence-electron chi connectivity index (χ4n) is 1.94. The van der Waals surface area contributed by atoms with Crippen molar-refractivity contribution in [3.05, 3.63) is 58.7 Å². The van der Waals surface area contributed by atoms with Gasteiger partial charge >= 0.3 is 6.18 Å². The fraction of sp³-hybridized carbons (Fsp3) is 0.133. The van der Waals surface area contributed by atoms with E-state index < -0.39 is 40.6 Å². The first kappa shape index (κ1) is 16.7. The second-order valence-corrected chi connectivity index (χ2v) is 4.67. The molecule has 0 fully saturated rings. The van der Waals surface area contributed by atoms with Crippen molar-refractivity contribution >= 4 is 5.91 Å². The lowest BCUT2D eigenvalue weighted by atomic mass is 10.1. The molecule has 0 heterocycles. The standard InChI is InChI=1S/C15H10F5NO2/c1-7-6-8(16)2-4-10(7)23-11-5-3-9(15(18,19)20)13(17)12(11)14(21)22/h2-6H,1H3,(H2,21,22). The molecule has 0 unspecified atom stereocenters. The number of alkyl halides is 3. The summed E-state index contributed by atoms with van der Waals surface area (Å²) >= 11 is 0. The summed E-state index contributed by atoms with van der Waals surface area (Å²) in [6, 6.07) is 4.59. The monoisotopic (exact) mass is 331 g/mol. The number of primary amides is 1. The van der Waals surface area contributed by atoms with E-state index in [1.807, 2.05) is 0 Å². The lowest BCUT2D eigenvalue weighted by Gasteiger charge is -2.15. The van der Waals surface area contributed by atoms with Gasteiger partial charge in [0.2, 0.25) is 0 Å². The van der Waals surface area contributed by atoms with E-state index in [0.29, 0.717) is 11.6 Å². The number of carbonyl (C=O) groups excluding carboxylic acids is 1. The first-order valence-electron chi connectivity index (χ1n) is 6.24. The molecule has 0 aromatic heterocycles. The summed E-state index contributed by atoms with van der Waals surface area (Å²) < 4.78 is 70.3. The molecule has 1 amide bonds. The molecule has 0 aliphatic rings.